The quantitative estimate of drug-likeness (QED) is 0.735. The number of hydrogen-bond donors (Lipinski definition) is 2. The Morgan fingerprint density at radius 2 is 1.50 bits per heavy atom. The number of carbonyl (C=O) groups is 3. The molecular weight excluding hydrogens is 232 g/mol. The van der Waals surface area contributed by atoms with Crippen LogP contribution in [0.15, 0.2) is 0 Å². The second-order valence-corrected chi connectivity index (χ2v) is 5.43. The van der Waals surface area contributed by atoms with Gasteiger partial charge in [-0.2, -0.15) is 0 Å². The molecule has 0 spiro atoms. The molecule has 1 rings (SSSR count). The van der Waals surface area contributed by atoms with Crippen LogP contribution >= 0.6 is 0 Å². The Kier molecular flexibility index (Phi) is 4.48. The molecule has 5 heteroatoms. The third-order valence-corrected chi connectivity index (χ3v) is 3.84. The van der Waals surface area contributed by atoms with Crippen LogP contribution < -0.4 is 10.6 Å². The van der Waals surface area contributed by atoms with Gasteiger partial charge in [0.1, 0.15) is 5.41 Å². The zero-order valence-corrected chi connectivity index (χ0v) is 11.5. The number of hydrogen-bond acceptors (Lipinski definition) is 3. The molecular formula is C13H22N2O3. The SMILES string of the molecule is CCC1(C(C)CCC(C)C)C(=O)NC(=O)NC1=O. The van der Waals surface area contributed by atoms with Gasteiger partial charge in [-0.25, -0.2) is 4.79 Å². The number of urea groups is 1. The summed E-state index contributed by atoms with van der Waals surface area (Å²) in [7, 11) is 0. The Morgan fingerprint density at radius 1 is 1.00 bits per heavy atom. The van der Waals surface area contributed by atoms with Crippen molar-refractivity contribution in [3.63, 3.8) is 0 Å². The van der Waals surface area contributed by atoms with Gasteiger partial charge in [0.05, 0.1) is 0 Å². The van der Waals surface area contributed by atoms with E-state index in [1.807, 2.05) is 6.92 Å². The third-order valence-electron chi connectivity index (χ3n) is 3.84. The molecule has 1 unspecified atom stereocenters. The summed E-state index contributed by atoms with van der Waals surface area (Å²) in [5, 5.41) is 4.42. The molecule has 1 aliphatic heterocycles. The largest absolute Gasteiger partial charge is 0.328 e. The summed E-state index contributed by atoms with van der Waals surface area (Å²) >= 11 is 0. The molecule has 1 aliphatic rings. The minimum atomic E-state index is -1.11. The van der Waals surface area contributed by atoms with Crippen LogP contribution in [0.2, 0.25) is 0 Å². The number of imide groups is 2. The number of rotatable bonds is 5. The first-order chi connectivity index (χ1) is 8.34. The Balaban J connectivity index is 2.92. The van der Waals surface area contributed by atoms with Gasteiger partial charge in [-0.15, -0.1) is 0 Å². The van der Waals surface area contributed by atoms with E-state index < -0.39 is 23.3 Å². The summed E-state index contributed by atoms with van der Waals surface area (Å²) in [5.74, 6) is -0.485. The molecule has 18 heavy (non-hydrogen) atoms. The van der Waals surface area contributed by atoms with Crippen molar-refractivity contribution in [2.45, 2.75) is 47.0 Å². The Labute approximate surface area is 108 Å². The molecule has 0 aromatic rings. The van der Waals surface area contributed by atoms with Crippen LogP contribution in [0, 0.1) is 17.3 Å². The highest BCUT2D eigenvalue weighted by molar-refractivity contribution is 6.19. The highest BCUT2D eigenvalue weighted by atomic mass is 16.2. The molecule has 0 aromatic carbocycles. The van der Waals surface area contributed by atoms with Crippen molar-refractivity contribution >= 4 is 17.8 Å². The summed E-state index contributed by atoms with van der Waals surface area (Å²) in [4.78, 5) is 35.2. The molecule has 0 bridgehead atoms. The van der Waals surface area contributed by atoms with Gasteiger partial charge in [-0.3, -0.25) is 20.2 Å². The van der Waals surface area contributed by atoms with Gasteiger partial charge in [-0.05, 0) is 24.7 Å². The fourth-order valence-corrected chi connectivity index (χ4v) is 2.51. The lowest BCUT2D eigenvalue weighted by Crippen LogP contribution is -2.64. The van der Waals surface area contributed by atoms with E-state index in [2.05, 4.69) is 24.5 Å². The Hall–Kier alpha value is -1.39. The molecule has 0 aromatic heterocycles. The molecule has 1 fully saturated rings. The van der Waals surface area contributed by atoms with Gasteiger partial charge in [0.15, 0.2) is 0 Å². The zero-order chi connectivity index (χ0) is 13.9. The highest BCUT2D eigenvalue weighted by Crippen LogP contribution is 2.37. The van der Waals surface area contributed by atoms with E-state index in [1.165, 1.54) is 0 Å². The number of amides is 4. The minimum Gasteiger partial charge on any atom is -0.277 e. The zero-order valence-electron chi connectivity index (χ0n) is 11.5. The van der Waals surface area contributed by atoms with Gasteiger partial charge < -0.3 is 0 Å². The normalized spacial score (nSPS) is 20.6. The highest BCUT2D eigenvalue weighted by Gasteiger charge is 2.52. The summed E-state index contributed by atoms with van der Waals surface area (Å²) in [5.41, 5.74) is -1.11. The van der Waals surface area contributed by atoms with Gasteiger partial charge in [0.25, 0.3) is 0 Å². The van der Waals surface area contributed by atoms with E-state index >= 15 is 0 Å². The van der Waals surface area contributed by atoms with E-state index in [9.17, 15) is 14.4 Å². The summed E-state index contributed by atoms with van der Waals surface area (Å²) in [6.45, 7) is 7.92. The fourth-order valence-electron chi connectivity index (χ4n) is 2.51. The van der Waals surface area contributed by atoms with Crippen molar-refractivity contribution in [3.05, 3.63) is 0 Å². The van der Waals surface area contributed by atoms with Crippen molar-refractivity contribution in [1.29, 1.82) is 0 Å². The summed E-state index contributed by atoms with van der Waals surface area (Å²) in [6.07, 6.45) is 2.15. The Morgan fingerprint density at radius 3 is 1.89 bits per heavy atom. The van der Waals surface area contributed by atoms with Gasteiger partial charge in [0.2, 0.25) is 11.8 Å². The average Bonchev–Trinajstić information content (AvgIpc) is 2.26. The first-order valence-electron chi connectivity index (χ1n) is 6.51. The lowest BCUT2D eigenvalue weighted by Gasteiger charge is -2.38. The number of nitrogens with one attached hydrogen (secondary N) is 2. The molecule has 1 saturated heterocycles. The van der Waals surface area contributed by atoms with Gasteiger partial charge >= 0.3 is 6.03 Å². The van der Waals surface area contributed by atoms with E-state index in [0.29, 0.717) is 12.3 Å². The summed E-state index contributed by atoms with van der Waals surface area (Å²) in [6, 6.07) is -0.717. The van der Waals surface area contributed by atoms with Crippen LogP contribution in [0.1, 0.15) is 47.0 Å². The maximum Gasteiger partial charge on any atom is 0.328 e. The minimum absolute atomic E-state index is 0.0852. The third kappa shape index (κ3) is 2.54. The second kappa shape index (κ2) is 5.50. The first kappa shape index (κ1) is 14.7. The maximum atomic E-state index is 12.1. The molecule has 0 saturated carbocycles. The predicted octanol–water partition coefficient (Wildman–Crippen LogP) is 1.82. The number of carbonyl (C=O) groups excluding carboxylic acids is 3. The molecule has 1 heterocycles. The lowest BCUT2D eigenvalue weighted by molar-refractivity contribution is -0.148. The average molecular weight is 254 g/mol. The van der Waals surface area contributed by atoms with Crippen LogP contribution in [-0.4, -0.2) is 17.8 Å². The predicted molar refractivity (Wildman–Crippen MR) is 67.6 cm³/mol. The fraction of sp³-hybridized carbons (Fsp3) is 0.769. The summed E-state index contributed by atoms with van der Waals surface area (Å²) < 4.78 is 0. The smallest absolute Gasteiger partial charge is 0.277 e. The van der Waals surface area contributed by atoms with Crippen LogP contribution in [0.3, 0.4) is 0 Å². The molecule has 4 amide bonds. The van der Waals surface area contributed by atoms with E-state index in [-0.39, 0.29) is 5.92 Å². The molecule has 1 atom stereocenters. The van der Waals surface area contributed by atoms with Crippen LogP contribution in [0.4, 0.5) is 4.79 Å². The van der Waals surface area contributed by atoms with E-state index in [4.69, 9.17) is 0 Å². The molecule has 102 valence electrons. The van der Waals surface area contributed by atoms with Gasteiger partial charge in [-0.1, -0.05) is 34.1 Å². The molecule has 2 N–H and O–H groups in total. The second-order valence-electron chi connectivity index (χ2n) is 5.43. The van der Waals surface area contributed by atoms with E-state index in [0.717, 1.165) is 12.8 Å². The standard InChI is InChI=1S/C13H22N2O3/c1-5-13(9(4)7-6-8(2)3)10(16)14-12(18)15-11(13)17/h8-9H,5-7H2,1-4H3,(H2,14,15,16,17,18). The van der Waals surface area contributed by atoms with Gasteiger partial charge in [0, 0.05) is 0 Å². The molecule has 0 radical (unpaired) electrons. The van der Waals surface area contributed by atoms with E-state index in [1.54, 1.807) is 6.92 Å². The van der Waals surface area contributed by atoms with Crippen molar-refractivity contribution in [2.24, 2.45) is 17.3 Å². The van der Waals surface area contributed by atoms with Crippen molar-refractivity contribution in [2.75, 3.05) is 0 Å². The Bertz CT molecular complexity index is 343. The first-order valence-corrected chi connectivity index (χ1v) is 6.51. The number of barbiturate groups is 1. The molecule has 0 aliphatic carbocycles. The molecule has 5 nitrogen and oxygen atoms in total. The van der Waals surface area contributed by atoms with Crippen molar-refractivity contribution in [3.8, 4) is 0 Å². The van der Waals surface area contributed by atoms with Crippen LogP contribution in [-0.2, 0) is 9.59 Å². The van der Waals surface area contributed by atoms with Crippen LogP contribution in [0.5, 0.6) is 0 Å². The van der Waals surface area contributed by atoms with Crippen molar-refractivity contribution in [1.82, 2.24) is 10.6 Å². The lowest BCUT2D eigenvalue weighted by atomic mass is 9.69. The monoisotopic (exact) mass is 254 g/mol. The van der Waals surface area contributed by atoms with Crippen molar-refractivity contribution < 1.29 is 14.4 Å². The maximum absolute atomic E-state index is 12.1. The van der Waals surface area contributed by atoms with Crippen LogP contribution in [0.25, 0.3) is 0 Å². The topological polar surface area (TPSA) is 75.3 Å².